The Hall–Kier alpha value is -1.08. The highest BCUT2D eigenvalue weighted by Gasteiger charge is 2.42. The molecule has 29 heavy (non-hydrogen) atoms. The monoisotopic (exact) mass is 419 g/mol. The van der Waals surface area contributed by atoms with Crippen LogP contribution in [0.3, 0.4) is 0 Å². The Morgan fingerprint density at radius 2 is 2.03 bits per heavy atom. The summed E-state index contributed by atoms with van der Waals surface area (Å²) in [6, 6.07) is 10.1. The number of nitrogens with one attached hydrogen (secondary N) is 2. The number of nitrogens with zero attached hydrogens (tertiary/aromatic N) is 1. The topological polar surface area (TPSA) is 64.6 Å². The van der Waals surface area contributed by atoms with Crippen LogP contribution in [0.4, 0.5) is 0 Å². The van der Waals surface area contributed by atoms with Gasteiger partial charge < -0.3 is 15.7 Å². The van der Waals surface area contributed by atoms with Gasteiger partial charge >= 0.3 is 0 Å². The minimum Gasteiger partial charge on any atom is -0.390 e. The van der Waals surface area contributed by atoms with Gasteiger partial charge in [0, 0.05) is 29.9 Å². The van der Waals surface area contributed by atoms with E-state index in [1.165, 1.54) is 17.7 Å². The van der Waals surface area contributed by atoms with Gasteiger partial charge in [0.1, 0.15) is 0 Å². The molecular formula is C23H37N3O2S. The van der Waals surface area contributed by atoms with Crippen LogP contribution >= 0.6 is 11.8 Å². The first-order valence-electron chi connectivity index (χ1n) is 10.8. The molecule has 5 nitrogen and oxygen atoms in total. The molecule has 2 saturated heterocycles. The van der Waals surface area contributed by atoms with E-state index in [4.69, 9.17) is 0 Å². The van der Waals surface area contributed by atoms with Gasteiger partial charge in [-0.2, -0.15) is 11.8 Å². The zero-order valence-corrected chi connectivity index (χ0v) is 19.0. The van der Waals surface area contributed by atoms with Crippen LogP contribution in [-0.2, 0) is 11.2 Å². The van der Waals surface area contributed by atoms with Crippen molar-refractivity contribution in [3.63, 3.8) is 0 Å². The maximum atomic E-state index is 13.1. The number of amides is 1. The molecule has 1 amide bonds. The number of carbonyl (C=O) groups excluding carboxylic acids is 1. The van der Waals surface area contributed by atoms with Crippen LogP contribution < -0.4 is 10.6 Å². The summed E-state index contributed by atoms with van der Waals surface area (Å²) in [5.41, 5.74) is 0.959. The number of benzene rings is 1. The molecular weight excluding hydrogens is 382 g/mol. The first-order valence-corrected chi connectivity index (χ1v) is 11.9. The molecule has 2 aliphatic rings. The quantitative estimate of drug-likeness (QED) is 0.633. The molecule has 0 aliphatic carbocycles. The van der Waals surface area contributed by atoms with Gasteiger partial charge in [0.15, 0.2) is 0 Å². The largest absolute Gasteiger partial charge is 0.390 e. The van der Waals surface area contributed by atoms with Crippen molar-refractivity contribution in [3.8, 4) is 0 Å². The van der Waals surface area contributed by atoms with Gasteiger partial charge in [-0.25, -0.2) is 0 Å². The fourth-order valence-corrected chi connectivity index (χ4v) is 6.11. The number of aliphatic hydroxyl groups excluding tert-OH is 1. The normalized spacial score (nSPS) is 27.3. The number of hydrogen-bond donors (Lipinski definition) is 3. The SMILES string of the molecule is CNC(Cc1ccccc1)C(O)CN1CC2CCSC2C[C@H]1C(=O)NC(C)(C)C. The Labute approximate surface area is 180 Å². The van der Waals surface area contributed by atoms with Crippen LogP contribution in [0, 0.1) is 5.92 Å². The Balaban J connectivity index is 1.69. The summed E-state index contributed by atoms with van der Waals surface area (Å²) in [7, 11) is 1.90. The lowest BCUT2D eigenvalue weighted by Crippen LogP contribution is -2.59. The molecule has 0 aromatic heterocycles. The Morgan fingerprint density at radius 1 is 1.31 bits per heavy atom. The summed E-state index contributed by atoms with van der Waals surface area (Å²) >= 11 is 2.02. The molecule has 0 saturated carbocycles. The van der Waals surface area contributed by atoms with Crippen molar-refractivity contribution in [2.24, 2.45) is 5.92 Å². The maximum absolute atomic E-state index is 13.1. The number of β-amino-alcohol motifs (C(OH)–C–C–N with tert-alkyl or cyclic N) is 1. The smallest absolute Gasteiger partial charge is 0.237 e. The summed E-state index contributed by atoms with van der Waals surface area (Å²) in [5.74, 6) is 1.92. The summed E-state index contributed by atoms with van der Waals surface area (Å²) < 4.78 is 0. The van der Waals surface area contributed by atoms with Crippen LogP contribution in [0.1, 0.15) is 39.2 Å². The molecule has 0 radical (unpaired) electrons. The molecule has 0 bridgehead atoms. The molecule has 2 fully saturated rings. The molecule has 2 aliphatic heterocycles. The van der Waals surface area contributed by atoms with E-state index in [9.17, 15) is 9.90 Å². The number of fused-ring (bicyclic) bond motifs is 1. The van der Waals surface area contributed by atoms with Crippen molar-refractivity contribution in [2.45, 2.75) is 69.0 Å². The molecule has 2 heterocycles. The van der Waals surface area contributed by atoms with Crippen LogP contribution in [0.5, 0.6) is 0 Å². The van der Waals surface area contributed by atoms with E-state index < -0.39 is 6.10 Å². The fourth-order valence-electron chi connectivity index (χ4n) is 4.55. The third kappa shape index (κ3) is 6.20. The van der Waals surface area contributed by atoms with E-state index in [0.717, 1.165) is 19.4 Å². The number of hydrogen-bond acceptors (Lipinski definition) is 5. The first-order chi connectivity index (χ1) is 13.8. The second-order valence-electron chi connectivity index (χ2n) is 9.55. The number of likely N-dealkylation sites (N-methyl/N-ethyl adjacent to an activating group) is 1. The van der Waals surface area contributed by atoms with Gasteiger partial charge in [-0.3, -0.25) is 9.69 Å². The Morgan fingerprint density at radius 3 is 2.69 bits per heavy atom. The van der Waals surface area contributed by atoms with Gasteiger partial charge in [-0.1, -0.05) is 30.3 Å². The van der Waals surface area contributed by atoms with E-state index in [0.29, 0.717) is 17.7 Å². The van der Waals surface area contributed by atoms with Gasteiger partial charge in [0.25, 0.3) is 0 Å². The van der Waals surface area contributed by atoms with Crippen LogP contribution in [-0.4, -0.2) is 70.8 Å². The standard InChI is InChI=1S/C23H37N3O2S/c1-23(2,3)25-22(28)19-13-21-17(10-11-29-21)14-26(19)15-20(27)18(24-4)12-16-8-6-5-7-9-16/h5-9,17-21,24,27H,10-15H2,1-4H3,(H,25,28)/t17?,18?,19-,20?,21?/m0/s1. The molecule has 5 atom stereocenters. The second-order valence-corrected chi connectivity index (χ2v) is 10.9. The summed E-state index contributed by atoms with van der Waals surface area (Å²) in [6.07, 6.45) is 2.34. The number of aliphatic hydroxyl groups is 1. The molecule has 1 aromatic carbocycles. The molecule has 1 aromatic rings. The van der Waals surface area contributed by atoms with Crippen molar-refractivity contribution in [3.05, 3.63) is 35.9 Å². The Bertz CT molecular complexity index is 664. The number of likely N-dealkylation sites (tertiary alicyclic amines) is 1. The summed E-state index contributed by atoms with van der Waals surface area (Å²) in [4.78, 5) is 15.3. The van der Waals surface area contributed by atoms with Gasteiger partial charge in [0.05, 0.1) is 12.1 Å². The average Bonchev–Trinajstić information content (AvgIpc) is 3.12. The molecule has 6 heteroatoms. The predicted octanol–water partition coefficient (Wildman–Crippen LogP) is 2.29. The number of thioether (sulfide) groups is 1. The number of rotatable bonds is 7. The average molecular weight is 420 g/mol. The minimum atomic E-state index is -0.532. The summed E-state index contributed by atoms with van der Waals surface area (Å²) in [5, 5.41) is 18.1. The van der Waals surface area contributed by atoms with Crippen molar-refractivity contribution < 1.29 is 9.90 Å². The first kappa shape index (κ1) is 22.6. The highest BCUT2D eigenvalue weighted by atomic mass is 32.2. The third-order valence-corrected chi connectivity index (χ3v) is 7.54. The minimum absolute atomic E-state index is 0.0422. The van der Waals surface area contributed by atoms with E-state index >= 15 is 0 Å². The van der Waals surface area contributed by atoms with Crippen molar-refractivity contribution >= 4 is 17.7 Å². The molecule has 3 rings (SSSR count). The third-order valence-electron chi connectivity index (χ3n) is 6.07. The van der Waals surface area contributed by atoms with E-state index in [1.54, 1.807) is 0 Å². The molecule has 3 N–H and O–H groups in total. The van der Waals surface area contributed by atoms with E-state index in [-0.39, 0.29) is 23.5 Å². The lowest BCUT2D eigenvalue weighted by atomic mass is 9.89. The maximum Gasteiger partial charge on any atom is 0.237 e. The van der Waals surface area contributed by atoms with Crippen molar-refractivity contribution in [2.75, 3.05) is 25.9 Å². The van der Waals surface area contributed by atoms with Gasteiger partial charge in [0.2, 0.25) is 5.91 Å². The zero-order valence-electron chi connectivity index (χ0n) is 18.2. The molecule has 0 spiro atoms. The highest BCUT2D eigenvalue weighted by Crippen LogP contribution is 2.40. The van der Waals surface area contributed by atoms with Gasteiger partial charge in [-0.15, -0.1) is 0 Å². The number of piperidine rings is 1. The lowest BCUT2D eigenvalue weighted by molar-refractivity contribution is -0.130. The second kappa shape index (κ2) is 9.82. The van der Waals surface area contributed by atoms with Crippen LogP contribution in [0.25, 0.3) is 0 Å². The van der Waals surface area contributed by atoms with E-state index in [2.05, 4.69) is 27.7 Å². The fraction of sp³-hybridized carbons (Fsp3) is 0.696. The Kier molecular flexibility index (Phi) is 7.65. The number of carbonyl (C=O) groups is 1. The van der Waals surface area contributed by atoms with Crippen molar-refractivity contribution in [1.82, 2.24) is 15.5 Å². The molecule has 162 valence electrons. The van der Waals surface area contributed by atoms with Gasteiger partial charge in [-0.05, 0) is 64.3 Å². The summed E-state index contributed by atoms with van der Waals surface area (Å²) in [6.45, 7) is 7.50. The van der Waals surface area contributed by atoms with Crippen LogP contribution in [0.2, 0.25) is 0 Å². The zero-order chi connectivity index (χ0) is 21.0. The lowest BCUT2D eigenvalue weighted by Gasteiger charge is -2.43. The van der Waals surface area contributed by atoms with E-state index in [1.807, 2.05) is 57.8 Å². The van der Waals surface area contributed by atoms with Crippen LogP contribution in [0.15, 0.2) is 30.3 Å². The highest BCUT2D eigenvalue weighted by molar-refractivity contribution is 8.00. The molecule has 4 unspecified atom stereocenters. The van der Waals surface area contributed by atoms with Crippen molar-refractivity contribution in [1.29, 1.82) is 0 Å². The predicted molar refractivity (Wildman–Crippen MR) is 121 cm³/mol.